The average Bonchev–Trinajstić information content (AvgIpc) is 3.26. The van der Waals surface area contributed by atoms with Gasteiger partial charge in [0.05, 0.1) is 5.69 Å². The number of aromatic nitrogens is 2. The maximum atomic E-state index is 12.6. The van der Waals surface area contributed by atoms with Crippen molar-refractivity contribution in [3.63, 3.8) is 0 Å². The van der Waals surface area contributed by atoms with E-state index in [4.69, 9.17) is 5.73 Å². The van der Waals surface area contributed by atoms with Crippen LogP contribution in [-0.2, 0) is 6.42 Å². The van der Waals surface area contributed by atoms with Crippen molar-refractivity contribution in [2.45, 2.75) is 57.7 Å². The lowest BCUT2D eigenvalue weighted by Gasteiger charge is -2.33. The molecule has 2 heterocycles. The topological polar surface area (TPSA) is 109 Å². The Hall–Kier alpha value is -2.75. The van der Waals surface area contributed by atoms with Gasteiger partial charge in [0.15, 0.2) is 0 Å². The minimum Gasteiger partial charge on any atom is -0.328 e. The molecule has 0 bridgehead atoms. The summed E-state index contributed by atoms with van der Waals surface area (Å²) in [5.74, 6) is 0.265. The minimum atomic E-state index is -0.422. The maximum Gasteiger partial charge on any atom is 0.354 e. The van der Waals surface area contributed by atoms with Crippen LogP contribution in [0.25, 0.3) is 5.69 Å². The first-order valence-electron chi connectivity index (χ1n) is 12.4. The van der Waals surface area contributed by atoms with E-state index in [0.29, 0.717) is 31.2 Å². The monoisotopic (exact) mass is 467 g/mol. The van der Waals surface area contributed by atoms with Gasteiger partial charge < -0.3 is 16.0 Å². The second-order valence-corrected chi connectivity index (χ2v) is 9.41. The van der Waals surface area contributed by atoms with Crippen molar-refractivity contribution in [3.05, 3.63) is 52.6 Å². The van der Waals surface area contributed by atoms with Crippen LogP contribution < -0.4 is 22.1 Å². The van der Waals surface area contributed by atoms with Crippen LogP contribution >= 0.6 is 0 Å². The minimum absolute atomic E-state index is 0.231. The standard InChI is InChI=1S/C25H37N7O2/c1-3-31(22-9-6-20(26)17-22)18(2)16-19-4-7-21(8-5-19)32-13-10-23(29-25(32)34)28-24(33)30-14-11-27-12-15-30/h4-5,7-8,10,13,18,20,22,27H,3,6,9,11-12,14-17,26H2,1-2H3,(H,28,29,33,34)/t18?,20-,22+/m1/s1. The Bertz CT molecular complexity index is 1020. The van der Waals surface area contributed by atoms with Gasteiger partial charge in [-0.05, 0) is 62.9 Å². The largest absolute Gasteiger partial charge is 0.354 e. The molecule has 184 valence electrons. The first kappa shape index (κ1) is 24.4. The molecule has 4 rings (SSSR count). The third kappa shape index (κ3) is 5.84. The van der Waals surface area contributed by atoms with Crippen molar-refractivity contribution in [1.29, 1.82) is 0 Å². The highest BCUT2D eigenvalue weighted by molar-refractivity contribution is 5.88. The number of urea groups is 1. The summed E-state index contributed by atoms with van der Waals surface area (Å²) < 4.78 is 1.49. The van der Waals surface area contributed by atoms with Crippen LogP contribution in [0.2, 0.25) is 0 Å². The predicted octanol–water partition coefficient (Wildman–Crippen LogP) is 1.80. The molecule has 3 atom stereocenters. The van der Waals surface area contributed by atoms with E-state index in [1.165, 1.54) is 16.6 Å². The molecule has 2 aliphatic rings. The molecule has 1 unspecified atom stereocenters. The SMILES string of the molecule is CCN(C(C)Cc1ccc(-n2ccc(NC(=O)N3CCNCC3)nc2=O)cc1)[C@H]1CC[C@@H](N)C1. The van der Waals surface area contributed by atoms with Crippen LogP contribution in [0, 0.1) is 0 Å². The Kier molecular flexibility index (Phi) is 7.97. The molecule has 2 amide bonds. The third-order valence-electron chi connectivity index (χ3n) is 7.03. The molecular formula is C25H37N7O2. The predicted molar refractivity (Wildman–Crippen MR) is 134 cm³/mol. The van der Waals surface area contributed by atoms with Gasteiger partial charge in [-0.2, -0.15) is 4.98 Å². The number of nitrogens with zero attached hydrogens (tertiary/aromatic N) is 4. The zero-order valence-electron chi connectivity index (χ0n) is 20.2. The van der Waals surface area contributed by atoms with E-state index in [2.05, 4.69) is 46.5 Å². The van der Waals surface area contributed by atoms with Crippen molar-refractivity contribution in [2.24, 2.45) is 5.73 Å². The molecule has 1 aromatic heterocycles. The number of likely N-dealkylation sites (N-methyl/N-ethyl adjacent to an activating group) is 1. The van der Waals surface area contributed by atoms with Gasteiger partial charge in [0.1, 0.15) is 5.82 Å². The Labute approximate surface area is 201 Å². The molecule has 0 spiro atoms. The molecule has 9 nitrogen and oxygen atoms in total. The summed E-state index contributed by atoms with van der Waals surface area (Å²) in [6.07, 6.45) is 5.98. The van der Waals surface area contributed by atoms with Gasteiger partial charge in [-0.3, -0.25) is 14.8 Å². The Morgan fingerprint density at radius 1 is 1.24 bits per heavy atom. The number of nitrogens with one attached hydrogen (secondary N) is 2. The number of benzene rings is 1. The summed E-state index contributed by atoms with van der Waals surface area (Å²) in [5.41, 5.74) is 7.70. The molecule has 1 aromatic carbocycles. The summed E-state index contributed by atoms with van der Waals surface area (Å²) in [4.78, 5) is 33.3. The van der Waals surface area contributed by atoms with Gasteiger partial charge in [-0.25, -0.2) is 9.59 Å². The first-order valence-corrected chi connectivity index (χ1v) is 12.4. The first-order chi connectivity index (χ1) is 16.4. The average molecular weight is 468 g/mol. The van der Waals surface area contributed by atoms with Gasteiger partial charge in [-0.15, -0.1) is 0 Å². The van der Waals surface area contributed by atoms with Crippen LogP contribution in [0.4, 0.5) is 10.6 Å². The molecule has 2 aromatic rings. The number of hydrogen-bond donors (Lipinski definition) is 3. The van der Waals surface area contributed by atoms with E-state index in [-0.39, 0.29) is 11.8 Å². The van der Waals surface area contributed by atoms with Crippen molar-refractivity contribution in [3.8, 4) is 5.69 Å². The quantitative estimate of drug-likeness (QED) is 0.573. The fourth-order valence-electron chi connectivity index (χ4n) is 5.20. The molecule has 9 heteroatoms. The van der Waals surface area contributed by atoms with Crippen LogP contribution in [0.3, 0.4) is 0 Å². The summed E-state index contributed by atoms with van der Waals surface area (Å²) >= 11 is 0. The summed E-state index contributed by atoms with van der Waals surface area (Å²) in [6.45, 7) is 8.33. The van der Waals surface area contributed by atoms with E-state index < -0.39 is 5.69 Å². The van der Waals surface area contributed by atoms with Gasteiger partial charge in [0.25, 0.3) is 0 Å². The number of rotatable bonds is 7. The zero-order valence-corrected chi connectivity index (χ0v) is 20.2. The highest BCUT2D eigenvalue weighted by Gasteiger charge is 2.29. The molecule has 1 aliphatic carbocycles. The second kappa shape index (κ2) is 11.1. The summed E-state index contributed by atoms with van der Waals surface area (Å²) in [6, 6.07) is 10.8. The van der Waals surface area contributed by atoms with Crippen LogP contribution in [0.5, 0.6) is 0 Å². The molecule has 2 fully saturated rings. The van der Waals surface area contributed by atoms with Gasteiger partial charge in [0, 0.05) is 50.5 Å². The number of amides is 2. The molecule has 4 N–H and O–H groups in total. The number of nitrogens with two attached hydrogens (primary N) is 1. The fraction of sp³-hybridized carbons (Fsp3) is 0.560. The van der Waals surface area contributed by atoms with Gasteiger partial charge in [-0.1, -0.05) is 19.1 Å². The van der Waals surface area contributed by atoms with Crippen molar-refractivity contribution in [2.75, 3.05) is 38.0 Å². The van der Waals surface area contributed by atoms with Crippen LogP contribution in [0.1, 0.15) is 38.7 Å². The molecule has 0 radical (unpaired) electrons. The third-order valence-corrected chi connectivity index (χ3v) is 7.03. The molecular weight excluding hydrogens is 430 g/mol. The summed E-state index contributed by atoms with van der Waals surface area (Å²) in [5, 5.41) is 5.93. The number of carbonyl (C=O) groups is 1. The number of anilines is 1. The Balaban J connectivity index is 1.38. The molecule has 1 saturated heterocycles. The number of piperazine rings is 1. The van der Waals surface area contributed by atoms with Crippen LogP contribution in [-0.4, -0.2) is 76.2 Å². The Morgan fingerprint density at radius 2 is 1.97 bits per heavy atom. The number of carbonyl (C=O) groups excluding carboxylic acids is 1. The van der Waals surface area contributed by atoms with Crippen molar-refractivity contribution in [1.82, 2.24) is 24.7 Å². The van der Waals surface area contributed by atoms with Gasteiger partial charge >= 0.3 is 11.7 Å². The zero-order chi connectivity index (χ0) is 24.1. The number of hydrogen-bond acceptors (Lipinski definition) is 6. The van der Waals surface area contributed by atoms with Crippen LogP contribution in [0.15, 0.2) is 41.3 Å². The highest BCUT2D eigenvalue weighted by atomic mass is 16.2. The lowest BCUT2D eigenvalue weighted by molar-refractivity contribution is 0.152. The molecule has 1 aliphatic heterocycles. The molecule has 1 saturated carbocycles. The lowest BCUT2D eigenvalue weighted by atomic mass is 10.0. The maximum absolute atomic E-state index is 12.6. The Morgan fingerprint density at radius 3 is 2.59 bits per heavy atom. The fourth-order valence-corrected chi connectivity index (χ4v) is 5.20. The smallest absolute Gasteiger partial charge is 0.328 e. The van der Waals surface area contributed by atoms with Crippen molar-refractivity contribution < 1.29 is 4.79 Å². The van der Waals surface area contributed by atoms with E-state index in [0.717, 1.165) is 44.6 Å². The highest BCUT2D eigenvalue weighted by Crippen LogP contribution is 2.25. The van der Waals surface area contributed by atoms with Crippen molar-refractivity contribution >= 4 is 11.8 Å². The van der Waals surface area contributed by atoms with E-state index in [9.17, 15) is 9.59 Å². The van der Waals surface area contributed by atoms with E-state index >= 15 is 0 Å². The summed E-state index contributed by atoms with van der Waals surface area (Å²) in [7, 11) is 0. The second-order valence-electron chi connectivity index (χ2n) is 9.41. The van der Waals surface area contributed by atoms with E-state index in [1.807, 2.05) is 12.1 Å². The normalized spacial score (nSPS) is 21.6. The molecule has 34 heavy (non-hydrogen) atoms. The lowest BCUT2D eigenvalue weighted by Crippen LogP contribution is -2.48. The van der Waals surface area contributed by atoms with Gasteiger partial charge in [0.2, 0.25) is 0 Å². The van der Waals surface area contributed by atoms with E-state index in [1.54, 1.807) is 17.2 Å².